The maximum absolute atomic E-state index is 12.9. The molecule has 25 heavy (non-hydrogen) atoms. The minimum Gasteiger partial charge on any atom is -0.391 e. The number of nitrogens with one attached hydrogen (secondary N) is 2. The molecule has 0 radical (unpaired) electrons. The molecular weight excluding hydrogens is 316 g/mol. The van der Waals surface area contributed by atoms with Gasteiger partial charge in [0.1, 0.15) is 6.04 Å². The third kappa shape index (κ3) is 4.21. The van der Waals surface area contributed by atoms with Gasteiger partial charge in [0.05, 0.1) is 11.6 Å². The Hall–Kier alpha value is -1.88. The molecule has 0 heterocycles. The lowest BCUT2D eigenvalue weighted by molar-refractivity contribution is -0.133. The quantitative estimate of drug-likeness (QED) is 0.740. The van der Waals surface area contributed by atoms with E-state index in [0.29, 0.717) is 0 Å². The van der Waals surface area contributed by atoms with Crippen molar-refractivity contribution in [1.82, 2.24) is 10.6 Å². The predicted molar refractivity (Wildman–Crippen MR) is 95.7 cm³/mol. The van der Waals surface area contributed by atoms with Crippen LogP contribution in [0.4, 0.5) is 0 Å². The number of aliphatic hydroxyl groups is 1. The Morgan fingerprint density at radius 3 is 2.32 bits per heavy atom. The average molecular weight is 344 g/mol. The van der Waals surface area contributed by atoms with Crippen molar-refractivity contribution in [3.63, 3.8) is 0 Å². The number of aliphatic hydroxyl groups excluding tert-OH is 1. The molecule has 5 nitrogen and oxygen atoms in total. The highest BCUT2D eigenvalue weighted by Gasteiger charge is 2.39. The van der Waals surface area contributed by atoms with Crippen molar-refractivity contribution in [3.05, 3.63) is 35.9 Å². The molecule has 2 fully saturated rings. The Morgan fingerprint density at radius 2 is 1.76 bits per heavy atom. The van der Waals surface area contributed by atoms with Gasteiger partial charge in [0.15, 0.2) is 0 Å². The Kier molecular flexibility index (Phi) is 5.42. The second-order valence-corrected chi connectivity index (χ2v) is 7.50. The lowest BCUT2D eigenvalue weighted by Gasteiger charge is -2.40. The van der Waals surface area contributed by atoms with E-state index in [9.17, 15) is 14.7 Å². The first-order chi connectivity index (χ1) is 12.0. The molecular formula is C20H28N2O3. The van der Waals surface area contributed by atoms with Crippen LogP contribution in [0, 0.1) is 5.92 Å². The summed E-state index contributed by atoms with van der Waals surface area (Å²) < 4.78 is 0. The van der Waals surface area contributed by atoms with Gasteiger partial charge in [-0.1, -0.05) is 49.6 Å². The minimum atomic E-state index is -0.931. The zero-order chi connectivity index (χ0) is 17.9. The largest absolute Gasteiger partial charge is 0.391 e. The summed E-state index contributed by atoms with van der Waals surface area (Å²) in [7, 11) is 0. The topological polar surface area (TPSA) is 78.4 Å². The van der Waals surface area contributed by atoms with E-state index in [-0.39, 0.29) is 17.7 Å². The molecule has 3 N–H and O–H groups in total. The molecule has 2 aliphatic rings. The molecule has 5 heteroatoms. The molecule has 0 spiro atoms. The Balaban J connectivity index is 1.77. The summed E-state index contributed by atoms with van der Waals surface area (Å²) in [5.74, 6) is -0.417. The standard InChI is InChI=1S/C20H28N2O3/c1-14(23)17(21-18(24)15-10-11-15)19(25)22-20(12-6-3-7-13-20)16-8-4-2-5-9-16/h2,4-5,8-9,14-15,17,23H,3,6-7,10-13H2,1H3,(H,21,24)(H,22,25). The van der Waals surface area contributed by atoms with E-state index in [1.807, 2.05) is 30.3 Å². The molecule has 2 atom stereocenters. The second-order valence-electron chi connectivity index (χ2n) is 7.50. The molecule has 1 aromatic rings. The molecule has 136 valence electrons. The van der Waals surface area contributed by atoms with Crippen molar-refractivity contribution in [3.8, 4) is 0 Å². The van der Waals surface area contributed by atoms with E-state index < -0.39 is 17.7 Å². The van der Waals surface area contributed by atoms with E-state index in [1.54, 1.807) is 6.92 Å². The van der Waals surface area contributed by atoms with Gasteiger partial charge < -0.3 is 15.7 Å². The van der Waals surface area contributed by atoms with Gasteiger partial charge >= 0.3 is 0 Å². The maximum atomic E-state index is 12.9. The van der Waals surface area contributed by atoms with Gasteiger partial charge in [-0.3, -0.25) is 9.59 Å². The summed E-state index contributed by atoms with van der Waals surface area (Å²) in [5, 5.41) is 16.0. The summed E-state index contributed by atoms with van der Waals surface area (Å²) in [6.45, 7) is 1.55. The van der Waals surface area contributed by atoms with E-state index in [1.165, 1.54) is 6.42 Å². The molecule has 2 unspecified atom stereocenters. The fourth-order valence-corrected chi connectivity index (χ4v) is 3.73. The van der Waals surface area contributed by atoms with E-state index >= 15 is 0 Å². The molecule has 3 rings (SSSR count). The fourth-order valence-electron chi connectivity index (χ4n) is 3.73. The fraction of sp³-hybridized carbons (Fsp3) is 0.600. The number of hydrogen-bond acceptors (Lipinski definition) is 3. The molecule has 0 bridgehead atoms. The van der Waals surface area contributed by atoms with E-state index in [2.05, 4.69) is 10.6 Å². The number of carbonyl (C=O) groups is 2. The number of carbonyl (C=O) groups excluding carboxylic acids is 2. The highest BCUT2D eigenvalue weighted by atomic mass is 16.3. The van der Waals surface area contributed by atoms with Crippen LogP contribution >= 0.6 is 0 Å². The normalized spacial score (nSPS) is 21.8. The van der Waals surface area contributed by atoms with Gasteiger partial charge in [-0.05, 0) is 38.2 Å². The van der Waals surface area contributed by atoms with Crippen molar-refractivity contribution < 1.29 is 14.7 Å². The van der Waals surface area contributed by atoms with Gasteiger partial charge in [-0.15, -0.1) is 0 Å². The van der Waals surface area contributed by atoms with E-state index in [0.717, 1.165) is 44.1 Å². The van der Waals surface area contributed by atoms with Gasteiger partial charge in [-0.25, -0.2) is 0 Å². The first-order valence-electron chi connectivity index (χ1n) is 9.38. The van der Waals surface area contributed by atoms with Crippen molar-refractivity contribution in [2.75, 3.05) is 0 Å². The molecule has 2 saturated carbocycles. The molecule has 0 aromatic heterocycles. The number of amides is 2. The summed E-state index contributed by atoms with van der Waals surface area (Å²) >= 11 is 0. The van der Waals surface area contributed by atoms with Gasteiger partial charge in [0.25, 0.3) is 0 Å². The summed E-state index contributed by atoms with van der Waals surface area (Å²) in [6, 6.07) is 9.13. The maximum Gasteiger partial charge on any atom is 0.245 e. The van der Waals surface area contributed by atoms with Crippen LogP contribution in [0.5, 0.6) is 0 Å². The van der Waals surface area contributed by atoms with Crippen LogP contribution in [-0.4, -0.2) is 29.1 Å². The Bertz CT molecular complexity index is 605. The molecule has 2 amide bonds. The summed E-state index contributed by atoms with van der Waals surface area (Å²) in [5.41, 5.74) is 0.689. The smallest absolute Gasteiger partial charge is 0.245 e. The zero-order valence-corrected chi connectivity index (χ0v) is 14.8. The third-order valence-corrected chi connectivity index (χ3v) is 5.41. The van der Waals surface area contributed by atoms with Crippen LogP contribution < -0.4 is 10.6 Å². The summed E-state index contributed by atoms with van der Waals surface area (Å²) in [6.07, 6.45) is 5.85. The van der Waals surface area contributed by atoms with Crippen molar-refractivity contribution in [1.29, 1.82) is 0 Å². The third-order valence-electron chi connectivity index (χ3n) is 5.41. The Labute approximate surface area is 149 Å². The Morgan fingerprint density at radius 1 is 1.12 bits per heavy atom. The highest BCUT2D eigenvalue weighted by molar-refractivity contribution is 5.90. The van der Waals surface area contributed by atoms with Gasteiger partial charge in [0, 0.05) is 5.92 Å². The van der Waals surface area contributed by atoms with Crippen LogP contribution in [-0.2, 0) is 15.1 Å². The van der Waals surface area contributed by atoms with Crippen molar-refractivity contribution >= 4 is 11.8 Å². The van der Waals surface area contributed by atoms with E-state index in [4.69, 9.17) is 0 Å². The number of hydrogen-bond donors (Lipinski definition) is 3. The monoisotopic (exact) mass is 344 g/mol. The molecule has 2 aliphatic carbocycles. The minimum absolute atomic E-state index is 0.00631. The predicted octanol–water partition coefficient (Wildman–Crippen LogP) is 2.24. The van der Waals surface area contributed by atoms with Crippen LogP contribution in [0.25, 0.3) is 0 Å². The van der Waals surface area contributed by atoms with Crippen molar-refractivity contribution in [2.24, 2.45) is 5.92 Å². The lowest BCUT2D eigenvalue weighted by Crippen LogP contribution is -2.58. The summed E-state index contributed by atoms with van der Waals surface area (Å²) in [4.78, 5) is 25.0. The number of rotatable bonds is 6. The second kappa shape index (κ2) is 7.56. The first kappa shape index (κ1) is 17.9. The molecule has 0 saturated heterocycles. The zero-order valence-electron chi connectivity index (χ0n) is 14.8. The van der Waals surface area contributed by atoms with Crippen molar-refractivity contribution in [2.45, 2.75) is 69.6 Å². The van der Waals surface area contributed by atoms with Crippen LogP contribution in [0.15, 0.2) is 30.3 Å². The average Bonchev–Trinajstić information content (AvgIpc) is 3.46. The SMILES string of the molecule is CC(O)C(NC(=O)C1CC1)C(=O)NC1(c2ccccc2)CCCCC1. The first-order valence-corrected chi connectivity index (χ1v) is 9.38. The van der Waals surface area contributed by atoms with Crippen LogP contribution in [0.3, 0.4) is 0 Å². The lowest BCUT2D eigenvalue weighted by atomic mass is 9.76. The van der Waals surface area contributed by atoms with Gasteiger partial charge in [0.2, 0.25) is 11.8 Å². The van der Waals surface area contributed by atoms with Gasteiger partial charge in [-0.2, -0.15) is 0 Å². The van der Waals surface area contributed by atoms with Crippen LogP contribution in [0.2, 0.25) is 0 Å². The highest BCUT2D eigenvalue weighted by Crippen LogP contribution is 2.37. The molecule has 0 aliphatic heterocycles. The number of benzene rings is 1. The van der Waals surface area contributed by atoms with Crippen LogP contribution in [0.1, 0.15) is 57.4 Å². The molecule has 1 aromatic carbocycles.